The van der Waals surface area contributed by atoms with Crippen LogP contribution in [0.1, 0.15) is 37.8 Å². The average Bonchev–Trinajstić information content (AvgIpc) is 2.30. The van der Waals surface area contributed by atoms with E-state index in [1.807, 2.05) is 13.8 Å². The molecule has 0 spiro atoms. The van der Waals surface area contributed by atoms with Crippen molar-refractivity contribution in [1.82, 2.24) is 0 Å². The number of fused-ring (bicyclic) bond motifs is 1. The molecular weight excluding hydrogens is 234 g/mol. The molecule has 0 heterocycles. The highest BCUT2D eigenvalue weighted by Crippen LogP contribution is 2.34. The van der Waals surface area contributed by atoms with Crippen LogP contribution in [-0.2, 0) is 6.42 Å². The number of phenols is 1. The number of hydrogen-bond acceptors (Lipinski definition) is 1. The van der Waals surface area contributed by atoms with Gasteiger partial charge in [-0.1, -0.05) is 20.8 Å². The van der Waals surface area contributed by atoms with Gasteiger partial charge in [-0.25, -0.2) is 8.78 Å². The third kappa shape index (κ3) is 1.94. The molecule has 0 aliphatic rings. The smallest absolute Gasteiger partial charge is 0.162 e. The van der Waals surface area contributed by atoms with Crippen LogP contribution in [0.2, 0.25) is 0 Å². The van der Waals surface area contributed by atoms with Crippen molar-refractivity contribution >= 4 is 10.8 Å². The second-order valence-corrected chi connectivity index (χ2v) is 4.79. The summed E-state index contributed by atoms with van der Waals surface area (Å²) in [6.07, 6.45) is 0.421. The van der Waals surface area contributed by atoms with Crippen molar-refractivity contribution in [2.75, 3.05) is 0 Å². The Hall–Kier alpha value is -1.64. The highest BCUT2D eigenvalue weighted by Gasteiger charge is 2.17. The molecule has 0 atom stereocenters. The van der Waals surface area contributed by atoms with Gasteiger partial charge in [0, 0.05) is 0 Å². The van der Waals surface area contributed by atoms with Crippen molar-refractivity contribution in [3.63, 3.8) is 0 Å². The number of aryl methyl sites for hydroxylation is 1. The third-order valence-corrected chi connectivity index (χ3v) is 3.22. The summed E-state index contributed by atoms with van der Waals surface area (Å²) in [6, 6.07) is 4.25. The Morgan fingerprint density at radius 1 is 1.17 bits per heavy atom. The van der Waals surface area contributed by atoms with Crippen molar-refractivity contribution in [2.45, 2.75) is 33.1 Å². The van der Waals surface area contributed by atoms with Crippen molar-refractivity contribution in [3.05, 3.63) is 41.0 Å². The molecule has 1 N–H and O–H groups in total. The molecule has 0 radical (unpaired) electrons. The molecular formula is C15H16F2O. The van der Waals surface area contributed by atoms with Crippen LogP contribution in [0.4, 0.5) is 8.78 Å². The highest BCUT2D eigenvalue weighted by atomic mass is 19.2. The van der Waals surface area contributed by atoms with Crippen LogP contribution in [0.15, 0.2) is 18.2 Å². The maximum Gasteiger partial charge on any atom is 0.162 e. The van der Waals surface area contributed by atoms with Gasteiger partial charge in [-0.3, -0.25) is 0 Å². The molecule has 0 saturated heterocycles. The predicted octanol–water partition coefficient (Wildman–Crippen LogP) is 4.51. The second kappa shape index (κ2) is 4.56. The van der Waals surface area contributed by atoms with Crippen LogP contribution < -0.4 is 0 Å². The van der Waals surface area contributed by atoms with E-state index in [9.17, 15) is 13.9 Å². The summed E-state index contributed by atoms with van der Waals surface area (Å²) in [7, 11) is 0. The summed E-state index contributed by atoms with van der Waals surface area (Å²) >= 11 is 0. The first-order valence-corrected chi connectivity index (χ1v) is 6.09. The Bertz CT molecular complexity index is 603. The average molecular weight is 250 g/mol. The Labute approximate surface area is 105 Å². The van der Waals surface area contributed by atoms with Gasteiger partial charge in [0.2, 0.25) is 0 Å². The number of hydrogen-bond donors (Lipinski definition) is 1. The number of rotatable bonds is 2. The Kier molecular flexibility index (Phi) is 3.24. The maximum absolute atomic E-state index is 13.8. The SMILES string of the molecule is CCc1c(F)c(F)cc2cc(O)cc(C(C)C)c12. The van der Waals surface area contributed by atoms with E-state index >= 15 is 0 Å². The molecule has 2 aromatic carbocycles. The van der Waals surface area contributed by atoms with E-state index in [-0.39, 0.29) is 11.7 Å². The van der Waals surface area contributed by atoms with Gasteiger partial charge >= 0.3 is 0 Å². The number of benzene rings is 2. The van der Waals surface area contributed by atoms with Gasteiger partial charge < -0.3 is 5.11 Å². The third-order valence-electron chi connectivity index (χ3n) is 3.22. The molecule has 2 rings (SSSR count). The lowest BCUT2D eigenvalue weighted by molar-refractivity contribution is 0.474. The minimum absolute atomic E-state index is 0.0826. The summed E-state index contributed by atoms with van der Waals surface area (Å²) in [5.74, 6) is -1.42. The van der Waals surface area contributed by atoms with Crippen LogP contribution in [0.25, 0.3) is 10.8 Å². The second-order valence-electron chi connectivity index (χ2n) is 4.79. The molecule has 0 aromatic heterocycles. The van der Waals surface area contributed by atoms with Crippen molar-refractivity contribution in [3.8, 4) is 5.75 Å². The molecule has 96 valence electrons. The van der Waals surface area contributed by atoms with E-state index in [2.05, 4.69) is 0 Å². The molecule has 2 aromatic rings. The summed E-state index contributed by atoms with van der Waals surface area (Å²) in [6.45, 7) is 5.73. The largest absolute Gasteiger partial charge is 0.508 e. The normalized spacial score (nSPS) is 11.4. The van der Waals surface area contributed by atoms with Gasteiger partial charge in [0.05, 0.1) is 0 Å². The lowest BCUT2D eigenvalue weighted by atomic mass is 9.91. The minimum Gasteiger partial charge on any atom is -0.508 e. The fraction of sp³-hybridized carbons (Fsp3) is 0.333. The predicted molar refractivity (Wildman–Crippen MR) is 69.0 cm³/mol. The zero-order valence-corrected chi connectivity index (χ0v) is 10.7. The quantitative estimate of drug-likeness (QED) is 0.831. The molecule has 0 fully saturated rings. The minimum atomic E-state index is -0.861. The monoisotopic (exact) mass is 250 g/mol. The molecule has 0 aliphatic heterocycles. The van der Waals surface area contributed by atoms with E-state index in [0.29, 0.717) is 17.4 Å². The fourth-order valence-corrected chi connectivity index (χ4v) is 2.37. The molecule has 0 aliphatic carbocycles. The zero-order valence-electron chi connectivity index (χ0n) is 10.7. The van der Waals surface area contributed by atoms with Crippen LogP contribution in [0, 0.1) is 11.6 Å². The molecule has 0 bridgehead atoms. The Morgan fingerprint density at radius 3 is 2.39 bits per heavy atom. The molecule has 0 unspecified atom stereocenters. The first-order chi connectivity index (χ1) is 8.45. The maximum atomic E-state index is 13.8. The standard InChI is InChI=1S/C15H16F2O/c1-4-11-14-9(6-13(16)15(11)17)5-10(18)7-12(14)8(2)3/h5-8,18H,4H2,1-3H3. The van der Waals surface area contributed by atoms with Crippen LogP contribution in [-0.4, -0.2) is 5.11 Å². The molecule has 0 saturated carbocycles. The first kappa shape index (κ1) is 12.8. The van der Waals surface area contributed by atoms with Crippen molar-refractivity contribution in [2.24, 2.45) is 0 Å². The summed E-state index contributed by atoms with van der Waals surface area (Å²) in [4.78, 5) is 0. The molecule has 1 nitrogen and oxygen atoms in total. The topological polar surface area (TPSA) is 20.2 Å². The summed E-state index contributed by atoms with van der Waals surface area (Å²) in [5.41, 5.74) is 1.23. The van der Waals surface area contributed by atoms with Gasteiger partial charge in [0.25, 0.3) is 0 Å². The van der Waals surface area contributed by atoms with Gasteiger partial charge in [0.1, 0.15) is 5.75 Å². The lowest BCUT2D eigenvalue weighted by Gasteiger charge is -2.15. The van der Waals surface area contributed by atoms with Crippen molar-refractivity contribution < 1.29 is 13.9 Å². The van der Waals surface area contributed by atoms with Gasteiger partial charge in [-0.05, 0) is 52.4 Å². The van der Waals surface area contributed by atoms with Crippen LogP contribution in [0.5, 0.6) is 5.75 Å². The van der Waals surface area contributed by atoms with Gasteiger partial charge in [-0.2, -0.15) is 0 Å². The lowest BCUT2D eigenvalue weighted by Crippen LogP contribution is -1.99. The zero-order chi connectivity index (χ0) is 13.4. The number of phenolic OH excluding ortho intramolecular Hbond substituents is 1. The van der Waals surface area contributed by atoms with E-state index < -0.39 is 11.6 Å². The molecule has 0 amide bonds. The fourth-order valence-electron chi connectivity index (χ4n) is 2.37. The first-order valence-electron chi connectivity index (χ1n) is 6.09. The molecule has 3 heteroatoms. The number of halogens is 2. The van der Waals surface area contributed by atoms with Crippen LogP contribution in [0.3, 0.4) is 0 Å². The highest BCUT2D eigenvalue weighted by molar-refractivity contribution is 5.91. The summed E-state index contributed by atoms with van der Waals surface area (Å²) in [5, 5.41) is 10.9. The van der Waals surface area contributed by atoms with E-state index in [1.54, 1.807) is 13.0 Å². The Morgan fingerprint density at radius 2 is 1.83 bits per heavy atom. The van der Waals surface area contributed by atoms with Gasteiger partial charge in [0.15, 0.2) is 11.6 Å². The summed E-state index contributed by atoms with van der Waals surface area (Å²) < 4.78 is 27.3. The molecule has 18 heavy (non-hydrogen) atoms. The van der Waals surface area contributed by atoms with Crippen molar-refractivity contribution in [1.29, 1.82) is 0 Å². The van der Waals surface area contributed by atoms with Gasteiger partial charge in [-0.15, -0.1) is 0 Å². The number of aromatic hydroxyl groups is 1. The Balaban J connectivity index is 2.96. The van der Waals surface area contributed by atoms with E-state index in [0.717, 1.165) is 17.0 Å². The van der Waals surface area contributed by atoms with E-state index in [4.69, 9.17) is 0 Å². The van der Waals surface area contributed by atoms with Crippen LogP contribution >= 0.6 is 0 Å². The van der Waals surface area contributed by atoms with E-state index in [1.165, 1.54) is 6.07 Å².